The standard InChI is InChI=1S/C14H20N4O/c1-4-11-13(15)12(5-2)18(17-11)9-10-7-6-8-16-14(10)19-3/h6-8H,4-5,9,15H2,1-3H3. The van der Waals surface area contributed by atoms with E-state index in [1.165, 1.54) is 0 Å². The monoisotopic (exact) mass is 260 g/mol. The van der Waals surface area contributed by atoms with E-state index in [0.29, 0.717) is 12.4 Å². The van der Waals surface area contributed by atoms with Crippen molar-refractivity contribution in [3.05, 3.63) is 35.3 Å². The van der Waals surface area contributed by atoms with E-state index in [1.54, 1.807) is 13.3 Å². The Morgan fingerprint density at radius 3 is 2.74 bits per heavy atom. The lowest BCUT2D eigenvalue weighted by molar-refractivity contribution is 0.390. The van der Waals surface area contributed by atoms with Gasteiger partial charge in [-0.2, -0.15) is 5.10 Å². The summed E-state index contributed by atoms with van der Waals surface area (Å²) >= 11 is 0. The van der Waals surface area contributed by atoms with Crippen molar-refractivity contribution in [1.29, 1.82) is 0 Å². The zero-order chi connectivity index (χ0) is 13.8. The molecule has 0 atom stereocenters. The van der Waals surface area contributed by atoms with E-state index in [-0.39, 0.29) is 0 Å². The van der Waals surface area contributed by atoms with E-state index in [0.717, 1.165) is 35.5 Å². The number of nitrogen functional groups attached to an aromatic ring is 1. The second-order valence-electron chi connectivity index (χ2n) is 4.34. The first-order valence-corrected chi connectivity index (χ1v) is 6.53. The van der Waals surface area contributed by atoms with Gasteiger partial charge in [0.2, 0.25) is 5.88 Å². The molecule has 2 heterocycles. The van der Waals surface area contributed by atoms with Gasteiger partial charge < -0.3 is 10.5 Å². The highest BCUT2D eigenvalue weighted by atomic mass is 16.5. The first-order valence-electron chi connectivity index (χ1n) is 6.53. The number of aryl methyl sites for hydroxylation is 1. The van der Waals surface area contributed by atoms with Gasteiger partial charge >= 0.3 is 0 Å². The van der Waals surface area contributed by atoms with Crippen LogP contribution >= 0.6 is 0 Å². The Morgan fingerprint density at radius 2 is 2.11 bits per heavy atom. The van der Waals surface area contributed by atoms with Gasteiger partial charge in [0.25, 0.3) is 0 Å². The number of pyridine rings is 1. The fourth-order valence-corrected chi connectivity index (χ4v) is 2.22. The summed E-state index contributed by atoms with van der Waals surface area (Å²) < 4.78 is 7.22. The molecule has 0 aliphatic heterocycles. The van der Waals surface area contributed by atoms with Crippen molar-refractivity contribution in [3.63, 3.8) is 0 Å². The van der Waals surface area contributed by atoms with Crippen LogP contribution in [0, 0.1) is 0 Å². The van der Waals surface area contributed by atoms with Crippen molar-refractivity contribution in [2.24, 2.45) is 0 Å². The Bertz CT molecular complexity index is 563. The summed E-state index contributed by atoms with van der Waals surface area (Å²) in [6, 6.07) is 3.89. The maximum Gasteiger partial charge on any atom is 0.218 e. The molecule has 0 aliphatic carbocycles. The van der Waals surface area contributed by atoms with Crippen molar-refractivity contribution in [1.82, 2.24) is 14.8 Å². The molecule has 0 amide bonds. The number of rotatable bonds is 5. The zero-order valence-electron chi connectivity index (χ0n) is 11.7. The minimum atomic E-state index is 0.629. The van der Waals surface area contributed by atoms with Gasteiger partial charge in [-0.1, -0.05) is 19.9 Å². The minimum Gasteiger partial charge on any atom is -0.481 e. The van der Waals surface area contributed by atoms with Crippen LogP contribution in [-0.4, -0.2) is 21.9 Å². The largest absolute Gasteiger partial charge is 0.481 e. The predicted molar refractivity (Wildman–Crippen MR) is 75.3 cm³/mol. The summed E-state index contributed by atoms with van der Waals surface area (Å²) in [4.78, 5) is 4.20. The third kappa shape index (κ3) is 2.54. The maximum atomic E-state index is 6.12. The molecule has 2 aromatic heterocycles. The molecule has 2 aromatic rings. The molecule has 0 radical (unpaired) electrons. The Hall–Kier alpha value is -2.04. The highest BCUT2D eigenvalue weighted by molar-refractivity contribution is 5.48. The number of aromatic nitrogens is 3. The zero-order valence-corrected chi connectivity index (χ0v) is 11.7. The predicted octanol–water partition coefficient (Wildman–Crippen LogP) is 2.04. The number of hydrogen-bond acceptors (Lipinski definition) is 4. The van der Waals surface area contributed by atoms with Crippen LogP contribution in [0.2, 0.25) is 0 Å². The quantitative estimate of drug-likeness (QED) is 0.893. The summed E-state index contributed by atoms with van der Waals surface area (Å²) in [5.41, 5.74) is 9.97. The molecule has 102 valence electrons. The Morgan fingerprint density at radius 1 is 1.32 bits per heavy atom. The van der Waals surface area contributed by atoms with Crippen molar-refractivity contribution >= 4 is 5.69 Å². The summed E-state index contributed by atoms with van der Waals surface area (Å²) in [6.45, 7) is 4.78. The van der Waals surface area contributed by atoms with Gasteiger partial charge in [0.05, 0.1) is 30.7 Å². The van der Waals surface area contributed by atoms with E-state index >= 15 is 0 Å². The fraction of sp³-hybridized carbons (Fsp3) is 0.429. The van der Waals surface area contributed by atoms with Crippen molar-refractivity contribution in [3.8, 4) is 5.88 Å². The molecule has 2 N–H and O–H groups in total. The molecule has 2 rings (SSSR count). The summed E-state index contributed by atoms with van der Waals surface area (Å²) in [7, 11) is 1.63. The van der Waals surface area contributed by atoms with Crippen LogP contribution in [0.15, 0.2) is 18.3 Å². The molecule has 5 heteroatoms. The second-order valence-corrected chi connectivity index (χ2v) is 4.34. The normalized spacial score (nSPS) is 10.7. The SMILES string of the molecule is CCc1nn(Cc2cccnc2OC)c(CC)c1N. The van der Waals surface area contributed by atoms with E-state index in [1.807, 2.05) is 16.8 Å². The van der Waals surface area contributed by atoms with Gasteiger partial charge in [-0.15, -0.1) is 0 Å². The number of hydrogen-bond donors (Lipinski definition) is 1. The molecule has 0 saturated heterocycles. The molecule has 19 heavy (non-hydrogen) atoms. The van der Waals surface area contributed by atoms with Crippen LogP contribution in [0.25, 0.3) is 0 Å². The third-order valence-electron chi connectivity index (χ3n) is 3.21. The van der Waals surface area contributed by atoms with Crippen LogP contribution in [-0.2, 0) is 19.4 Å². The lowest BCUT2D eigenvalue weighted by Crippen LogP contribution is -2.08. The average Bonchev–Trinajstić information content (AvgIpc) is 2.74. The lowest BCUT2D eigenvalue weighted by Gasteiger charge is -2.09. The van der Waals surface area contributed by atoms with Gasteiger partial charge in [-0.3, -0.25) is 4.68 Å². The molecule has 0 bridgehead atoms. The Balaban J connectivity index is 2.37. The number of nitrogens with zero attached hydrogens (tertiary/aromatic N) is 3. The number of anilines is 1. The van der Waals surface area contributed by atoms with Crippen LogP contribution in [0.5, 0.6) is 5.88 Å². The first kappa shape index (κ1) is 13.4. The van der Waals surface area contributed by atoms with Crippen LogP contribution in [0.1, 0.15) is 30.8 Å². The molecule has 0 aromatic carbocycles. The van der Waals surface area contributed by atoms with Gasteiger partial charge in [-0.25, -0.2) is 4.98 Å². The van der Waals surface area contributed by atoms with Crippen molar-refractivity contribution < 1.29 is 4.74 Å². The molecular formula is C14H20N4O. The minimum absolute atomic E-state index is 0.629. The number of methoxy groups -OCH3 is 1. The molecule has 0 spiro atoms. The number of nitrogens with two attached hydrogens (primary N) is 1. The second kappa shape index (κ2) is 5.73. The maximum absolute atomic E-state index is 6.12. The Kier molecular flexibility index (Phi) is 4.04. The van der Waals surface area contributed by atoms with Crippen molar-refractivity contribution in [2.45, 2.75) is 33.2 Å². The van der Waals surface area contributed by atoms with Gasteiger partial charge in [-0.05, 0) is 18.9 Å². The average molecular weight is 260 g/mol. The smallest absolute Gasteiger partial charge is 0.218 e. The van der Waals surface area contributed by atoms with E-state index in [4.69, 9.17) is 10.5 Å². The molecule has 5 nitrogen and oxygen atoms in total. The van der Waals surface area contributed by atoms with Crippen molar-refractivity contribution in [2.75, 3.05) is 12.8 Å². The lowest BCUT2D eigenvalue weighted by atomic mass is 10.2. The summed E-state index contributed by atoms with van der Waals surface area (Å²) in [5.74, 6) is 0.636. The molecule has 0 aliphatic rings. The molecule has 0 saturated carbocycles. The highest BCUT2D eigenvalue weighted by Gasteiger charge is 2.14. The molecular weight excluding hydrogens is 240 g/mol. The number of ether oxygens (including phenoxy) is 1. The van der Waals surface area contributed by atoms with Crippen LogP contribution in [0.4, 0.5) is 5.69 Å². The summed E-state index contributed by atoms with van der Waals surface area (Å²) in [6.07, 6.45) is 3.43. The van der Waals surface area contributed by atoms with Gasteiger partial charge in [0.1, 0.15) is 0 Å². The van der Waals surface area contributed by atoms with E-state index in [2.05, 4.69) is 23.9 Å². The topological polar surface area (TPSA) is 66.0 Å². The van der Waals surface area contributed by atoms with Crippen LogP contribution < -0.4 is 10.5 Å². The van der Waals surface area contributed by atoms with Crippen LogP contribution in [0.3, 0.4) is 0 Å². The van der Waals surface area contributed by atoms with E-state index in [9.17, 15) is 0 Å². The van der Waals surface area contributed by atoms with Gasteiger partial charge in [0, 0.05) is 11.8 Å². The van der Waals surface area contributed by atoms with E-state index < -0.39 is 0 Å². The molecule has 0 fully saturated rings. The van der Waals surface area contributed by atoms with Gasteiger partial charge in [0.15, 0.2) is 0 Å². The fourth-order valence-electron chi connectivity index (χ4n) is 2.22. The first-order chi connectivity index (χ1) is 9.21. The highest BCUT2D eigenvalue weighted by Crippen LogP contribution is 2.22. The third-order valence-corrected chi connectivity index (χ3v) is 3.21. The molecule has 0 unspecified atom stereocenters. The Labute approximate surface area is 113 Å². The summed E-state index contributed by atoms with van der Waals surface area (Å²) in [5, 5.41) is 4.58.